The molecule has 2 aromatic carbocycles. The predicted molar refractivity (Wildman–Crippen MR) is 120 cm³/mol. The zero-order valence-corrected chi connectivity index (χ0v) is 20.8. The van der Waals surface area contributed by atoms with Crippen LogP contribution in [0.1, 0.15) is 38.4 Å². The molecule has 0 amide bonds. The van der Waals surface area contributed by atoms with Gasteiger partial charge in [-0.2, -0.15) is 0 Å². The third-order valence-corrected chi connectivity index (χ3v) is 6.42. The van der Waals surface area contributed by atoms with Crippen LogP contribution in [-0.2, 0) is 19.5 Å². The number of carbonyl (C=O) groups is 1. The van der Waals surface area contributed by atoms with Crippen LogP contribution in [0.3, 0.4) is 0 Å². The van der Waals surface area contributed by atoms with Crippen molar-refractivity contribution in [1.29, 1.82) is 0 Å². The van der Waals surface area contributed by atoms with Crippen molar-refractivity contribution in [3.05, 3.63) is 94.3 Å². The van der Waals surface area contributed by atoms with Crippen molar-refractivity contribution >= 4 is 22.7 Å². The molecule has 5 nitrogen and oxygen atoms in total. The Bertz CT molecular complexity index is 1300. The monoisotopic (exact) mass is 433 g/mol. The molecule has 32 heavy (non-hydrogen) atoms. The maximum atomic E-state index is 11.8. The fourth-order valence-electron chi connectivity index (χ4n) is 4.61. The van der Waals surface area contributed by atoms with E-state index in [0.29, 0.717) is 13.1 Å². The smallest absolute Gasteiger partial charge is 0.543 e. The minimum Gasteiger partial charge on any atom is -0.543 e. The van der Waals surface area contributed by atoms with Gasteiger partial charge in [0, 0.05) is 30.7 Å². The van der Waals surface area contributed by atoms with Crippen molar-refractivity contribution in [2.45, 2.75) is 33.4 Å². The standard InChI is InChI=1S/C26H25N3O2.Na/c1-17-18(2)29(15-19-8-4-3-5-9-19)24-22(17)14-23(26(30)31)27-25(24)28-13-12-20-10-6-7-11-21(20)16-28;/h3-11,14H,12-13,15-16H2,1-2H3,(H,30,31);/q;+1/p-1. The Hall–Kier alpha value is -2.60. The van der Waals surface area contributed by atoms with E-state index in [-0.39, 0.29) is 35.3 Å². The molecule has 0 atom stereocenters. The number of benzene rings is 2. The van der Waals surface area contributed by atoms with Gasteiger partial charge in [0.05, 0.1) is 17.2 Å². The number of carbonyl (C=O) groups excluding carboxylic acids is 1. The van der Waals surface area contributed by atoms with Crippen LogP contribution in [0, 0.1) is 13.8 Å². The van der Waals surface area contributed by atoms with Gasteiger partial charge in [0.2, 0.25) is 0 Å². The van der Waals surface area contributed by atoms with Crippen molar-refractivity contribution in [3.63, 3.8) is 0 Å². The number of carboxylic acids is 1. The zero-order chi connectivity index (χ0) is 21.5. The van der Waals surface area contributed by atoms with Crippen LogP contribution in [-0.4, -0.2) is 22.1 Å². The first-order valence-electron chi connectivity index (χ1n) is 10.6. The van der Waals surface area contributed by atoms with E-state index < -0.39 is 5.97 Å². The van der Waals surface area contributed by atoms with E-state index in [4.69, 9.17) is 0 Å². The van der Waals surface area contributed by atoms with Gasteiger partial charge < -0.3 is 19.4 Å². The molecule has 0 radical (unpaired) electrons. The van der Waals surface area contributed by atoms with Crippen LogP contribution in [0.5, 0.6) is 0 Å². The molecule has 0 saturated carbocycles. The van der Waals surface area contributed by atoms with E-state index in [1.54, 1.807) is 6.07 Å². The second kappa shape index (κ2) is 9.10. The molecule has 5 rings (SSSR count). The van der Waals surface area contributed by atoms with Gasteiger partial charge in [-0.05, 0) is 48.6 Å². The molecule has 0 aliphatic carbocycles. The van der Waals surface area contributed by atoms with Crippen molar-refractivity contribution < 1.29 is 39.5 Å². The summed E-state index contributed by atoms with van der Waals surface area (Å²) in [6.07, 6.45) is 0.909. The normalized spacial score (nSPS) is 13.0. The van der Waals surface area contributed by atoms with Gasteiger partial charge in [0.15, 0.2) is 5.82 Å². The number of pyridine rings is 1. The Morgan fingerprint density at radius 1 is 1.03 bits per heavy atom. The predicted octanol–water partition coefficient (Wildman–Crippen LogP) is 0.632. The number of nitrogens with zero attached hydrogens (tertiary/aromatic N) is 3. The van der Waals surface area contributed by atoms with Crippen molar-refractivity contribution in [2.24, 2.45) is 0 Å². The summed E-state index contributed by atoms with van der Waals surface area (Å²) >= 11 is 0. The summed E-state index contributed by atoms with van der Waals surface area (Å²) in [5, 5.41) is 12.7. The molecule has 4 aromatic rings. The zero-order valence-electron chi connectivity index (χ0n) is 18.8. The number of hydrogen-bond acceptors (Lipinski definition) is 4. The molecule has 1 aliphatic rings. The first-order chi connectivity index (χ1) is 15.0. The van der Waals surface area contributed by atoms with Gasteiger partial charge >= 0.3 is 29.6 Å². The fraction of sp³-hybridized carbons (Fsp3) is 0.231. The molecule has 0 saturated heterocycles. The number of rotatable bonds is 4. The van der Waals surface area contributed by atoms with Crippen molar-refractivity contribution in [2.75, 3.05) is 11.4 Å². The number of anilines is 1. The number of aromatic carboxylic acids is 1. The molecule has 0 spiro atoms. The van der Waals surface area contributed by atoms with Crippen LogP contribution in [0.4, 0.5) is 5.82 Å². The van der Waals surface area contributed by atoms with E-state index >= 15 is 0 Å². The molecule has 0 N–H and O–H groups in total. The summed E-state index contributed by atoms with van der Waals surface area (Å²) < 4.78 is 2.27. The first kappa shape index (κ1) is 22.6. The Kier molecular flexibility index (Phi) is 6.42. The van der Waals surface area contributed by atoms with Crippen LogP contribution in [0.25, 0.3) is 10.9 Å². The molecule has 2 aromatic heterocycles. The van der Waals surface area contributed by atoms with Gasteiger partial charge in [0.1, 0.15) is 0 Å². The largest absolute Gasteiger partial charge is 1.00 e. The number of fused-ring (bicyclic) bond motifs is 2. The number of hydrogen-bond donors (Lipinski definition) is 0. The molecule has 0 unspecified atom stereocenters. The topological polar surface area (TPSA) is 61.2 Å². The average molecular weight is 433 g/mol. The Labute approximate surface area is 210 Å². The Morgan fingerprint density at radius 2 is 1.72 bits per heavy atom. The van der Waals surface area contributed by atoms with Crippen molar-refractivity contribution in [1.82, 2.24) is 9.55 Å². The molecule has 0 bridgehead atoms. The van der Waals surface area contributed by atoms with Gasteiger partial charge in [0.25, 0.3) is 0 Å². The number of carboxylic acid groups (broad SMARTS) is 1. The van der Waals surface area contributed by atoms with E-state index in [1.165, 1.54) is 16.7 Å². The van der Waals surface area contributed by atoms with Crippen LogP contribution in [0.2, 0.25) is 0 Å². The fourth-order valence-corrected chi connectivity index (χ4v) is 4.61. The third kappa shape index (κ3) is 3.96. The van der Waals surface area contributed by atoms with E-state index in [1.807, 2.05) is 25.1 Å². The average Bonchev–Trinajstić information content (AvgIpc) is 3.03. The quantitative estimate of drug-likeness (QED) is 0.443. The van der Waals surface area contributed by atoms with E-state index in [9.17, 15) is 9.90 Å². The van der Waals surface area contributed by atoms with Gasteiger partial charge in [-0.1, -0.05) is 54.6 Å². The minimum absolute atomic E-state index is 0. The summed E-state index contributed by atoms with van der Waals surface area (Å²) in [4.78, 5) is 18.6. The molecule has 6 heteroatoms. The van der Waals surface area contributed by atoms with Gasteiger partial charge in [-0.3, -0.25) is 0 Å². The summed E-state index contributed by atoms with van der Waals surface area (Å²) in [6, 6.07) is 20.4. The molecule has 156 valence electrons. The van der Waals surface area contributed by atoms with Crippen LogP contribution in [0.15, 0.2) is 60.7 Å². The summed E-state index contributed by atoms with van der Waals surface area (Å²) in [5.74, 6) is -0.522. The molecular formula is C26H24N3NaO2. The second-order valence-electron chi connectivity index (χ2n) is 8.24. The summed E-state index contributed by atoms with van der Waals surface area (Å²) in [5.41, 5.74) is 6.98. The SMILES string of the molecule is Cc1c(C)n(Cc2ccccc2)c2c(N3CCc4ccccc4C3)nc(C(=O)[O-])cc12.[Na+]. The number of aromatic nitrogens is 2. The maximum Gasteiger partial charge on any atom is 1.00 e. The number of aryl methyl sites for hydroxylation is 1. The summed E-state index contributed by atoms with van der Waals surface area (Å²) in [7, 11) is 0. The second-order valence-corrected chi connectivity index (χ2v) is 8.24. The molecule has 3 heterocycles. The Morgan fingerprint density at radius 3 is 2.44 bits per heavy atom. The van der Waals surface area contributed by atoms with Crippen molar-refractivity contribution in [3.8, 4) is 0 Å². The van der Waals surface area contributed by atoms with Crippen LogP contribution >= 0.6 is 0 Å². The van der Waals surface area contributed by atoms with E-state index in [2.05, 4.69) is 57.8 Å². The molecule has 1 aliphatic heterocycles. The summed E-state index contributed by atoms with van der Waals surface area (Å²) in [6.45, 7) is 6.36. The third-order valence-electron chi connectivity index (χ3n) is 6.42. The van der Waals surface area contributed by atoms with E-state index in [0.717, 1.165) is 40.9 Å². The maximum absolute atomic E-state index is 11.8. The van der Waals surface area contributed by atoms with Gasteiger partial charge in [-0.15, -0.1) is 0 Å². The van der Waals surface area contributed by atoms with Gasteiger partial charge in [-0.25, -0.2) is 4.98 Å². The Balaban J connectivity index is 0.00000245. The molecule has 0 fully saturated rings. The first-order valence-corrected chi connectivity index (χ1v) is 10.6. The minimum atomic E-state index is -1.24. The molecular weight excluding hydrogens is 409 g/mol. The van der Waals surface area contributed by atoms with Crippen LogP contribution < -0.4 is 39.6 Å².